The molecule has 46 heavy (non-hydrogen) atoms. The van der Waals surface area contributed by atoms with Gasteiger partial charge in [0.05, 0.1) is 39.5 Å². The maximum absolute atomic E-state index is 15.1. The fourth-order valence-electron chi connectivity index (χ4n) is 8.10. The molecule has 12 heteroatoms. The number of likely N-dealkylation sites (tertiary alicyclic amines) is 1. The van der Waals surface area contributed by atoms with Crippen molar-refractivity contribution in [3.8, 4) is 11.5 Å². The number of rotatable bonds is 5. The summed E-state index contributed by atoms with van der Waals surface area (Å²) in [6, 6.07) is 15.5. The van der Waals surface area contributed by atoms with E-state index in [9.17, 15) is 23.9 Å². The minimum atomic E-state index is -1.52. The summed E-state index contributed by atoms with van der Waals surface area (Å²) >= 11 is 8.31. The molecular weight excluding hydrogens is 728 g/mol. The summed E-state index contributed by atoms with van der Waals surface area (Å²) < 4.78 is 19.8. The van der Waals surface area contributed by atoms with Crippen LogP contribution in [0.5, 0.6) is 11.5 Å². The van der Waals surface area contributed by atoms with Crippen LogP contribution in [0.15, 0.2) is 72.3 Å². The average molecular weight is 756 g/mol. The van der Waals surface area contributed by atoms with E-state index in [0.717, 1.165) is 10.6 Å². The molecule has 2 N–H and O–H groups in total. The third-order valence-electron chi connectivity index (χ3n) is 10.1. The van der Waals surface area contributed by atoms with Gasteiger partial charge in [0.2, 0.25) is 11.8 Å². The molecule has 3 aromatic rings. The van der Waals surface area contributed by atoms with E-state index in [4.69, 9.17) is 16.3 Å². The normalized spacial score (nSPS) is 28.5. The van der Waals surface area contributed by atoms with Gasteiger partial charge in [-0.3, -0.25) is 29.5 Å². The number of phenolic OH excluding ortho intramolecular Hbond substituents is 1. The predicted molar refractivity (Wildman–Crippen MR) is 174 cm³/mol. The lowest BCUT2D eigenvalue weighted by atomic mass is 9.49. The van der Waals surface area contributed by atoms with Gasteiger partial charge in [0.1, 0.15) is 5.82 Å². The van der Waals surface area contributed by atoms with Crippen molar-refractivity contribution in [2.75, 3.05) is 19.6 Å². The molecule has 0 spiro atoms. The Morgan fingerprint density at radius 1 is 1.00 bits per heavy atom. The van der Waals surface area contributed by atoms with Crippen LogP contribution in [0.1, 0.15) is 29.9 Å². The summed E-state index contributed by atoms with van der Waals surface area (Å²) in [6.07, 6.45) is 2.39. The second-order valence-electron chi connectivity index (χ2n) is 12.2. The number of allylic oxidation sites excluding steroid dienone is 2. The Kier molecular flexibility index (Phi) is 7.39. The van der Waals surface area contributed by atoms with Crippen LogP contribution in [-0.4, -0.2) is 52.8 Å². The van der Waals surface area contributed by atoms with E-state index in [1.54, 1.807) is 36.4 Å². The first kappa shape index (κ1) is 30.7. The van der Waals surface area contributed by atoms with Crippen molar-refractivity contribution in [2.45, 2.75) is 24.2 Å². The molecule has 3 aromatic carbocycles. The number of benzene rings is 3. The van der Waals surface area contributed by atoms with E-state index in [1.165, 1.54) is 43.3 Å². The fourth-order valence-corrected chi connectivity index (χ4v) is 8.86. The molecule has 2 heterocycles. The summed E-state index contributed by atoms with van der Waals surface area (Å²) in [5.74, 6) is -5.51. The van der Waals surface area contributed by atoms with Gasteiger partial charge in [-0.15, -0.1) is 0 Å². The molecule has 2 saturated heterocycles. The third-order valence-corrected chi connectivity index (χ3v) is 11.2. The lowest BCUT2D eigenvalue weighted by molar-refractivity contribution is -0.140. The van der Waals surface area contributed by atoms with E-state index >= 15 is 4.79 Å². The lowest BCUT2D eigenvalue weighted by Crippen LogP contribution is -2.53. The second-order valence-corrected chi connectivity index (χ2v) is 13.8. The predicted octanol–water partition coefficient (Wildman–Crippen LogP) is 5.41. The first-order chi connectivity index (χ1) is 22.0. The summed E-state index contributed by atoms with van der Waals surface area (Å²) in [4.78, 5) is 57.6. The Labute approximate surface area is 282 Å². The number of hydrazine groups is 1. The van der Waals surface area contributed by atoms with Crippen LogP contribution in [0.2, 0.25) is 5.02 Å². The fraction of sp³-hybridized carbons (Fsp3) is 0.294. The van der Waals surface area contributed by atoms with Crippen molar-refractivity contribution >= 4 is 63.5 Å². The first-order valence-corrected chi connectivity index (χ1v) is 16.2. The number of amides is 4. The van der Waals surface area contributed by atoms with Gasteiger partial charge in [-0.2, -0.15) is 5.01 Å². The average Bonchev–Trinajstić information content (AvgIpc) is 3.40. The zero-order chi connectivity index (χ0) is 32.7. The molecule has 0 bridgehead atoms. The van der Waals surface area contributed by atoms with Crippen LogP contribution < -0.4 is 10.2 Å². The molecule has 0 radical (unpaired) electrons. The zero-order valence-corrected chi connectivity index (χ0v) is 27.6. The molecule has 2 aliphatic heterocycles. The van der Waals surface area contributed by atoms with Crippen LogP contribution in [0.4, 0.5) is 10.1 Å². The third kappa shape index (κ3) is 4.30. The van der Waals surface area contributed by atoms with Gasteiger partial charge in [0.25, 0.3) is 11.8 Å². The second kappa shape index (κ2) is 11.1. The Morgan fingerprint density at radius 2 is 1.70 bits per heavy atom. The number of hydrogen-bond acceptors (Lipinski definition) is 7. The van der Waals surface area contributed by atoms with Gasteiger partial charge < -0.3 is 9.84 Å². The highest BCUT2D eigenvalue weighted by Gasteiger charge is 2.70. The number of halogens is 3. The van der Waals surface area contributed by atoms with Crippen LogP contribution in [-0.2, 0) is 24.6 Å². The molecule has 7 rings (SSSR count). The number of methoxy groups -OCH3 is 1. The van der Waals surface area contributed by atoms with E-state index in [0.29, 0.717) is 31.8 Å². The van der Waals surface area contributed by atoms with Crippen molar-refractivity contribution in [1.82, 2.24) is 9.91 Å². The molecule has 6 atom stereocenters. The number of aromatic hydroxyl groups is 1. The number of fused-ring (bicyclic) bond motifs is 4. The standard InChI is InChI=1S/C34H28ClFIN3O6/c1-39-30(42)22-12-11-21-23(27(22)32(39)44)15-24-31(43)40(38-20-9-7-19(36)8-10-20)33(45)34(24,17-3-5-18(35)6-4-17)28(21)16-13-25(37)29(41)26(14-16)46-2/h3-11,13-14,22-24,27-28,38,41H,12,15H2,1-2H3/t22-,23+,24-,27-,28-,34+/m0/s1. The first-order valence-electron chi connectivity index (χ1n) is 14.7. The van der Waals surface area contributed by atoms with Gasteiger partial charge in [0, 0.05) is 18.0 Å². The van der Waals surface area contributed by atoms with Crippen LogP contribution in [0, 0.1) is 33.1 Å². The van der Waals surface area contributed by atoms with E-state index in [2.05, 4.69) is 5.43 Å². The van der Waals surface area contributed by atoms with Crippen molar-refractivity contribution in [3.05, 3.63) is 97.8 Å². The maximum Gasteiger partial charge on any atom is 0.260 e. The quantitative estimate of drug-likeness (QED) is 0.203. The number of imide groups is 2. The van der Waals surface area contributed by atoms with E-state index < -0.39 is 52.6 Å². The molecule has 2 aliphatic carbocycles. The van der Waals surface area contributed by atoms with E-state index in [-0.39, 0.29) is 29.7 Å². The minimum Gasteiger partial charge on any atom is -0.504 e. The minimum absolute atomic E-state index is 0.0689. The number of ether oxygens (including phenoxy) is 1. The molecule has 9 nitrogen and oxygen atoms in total. The van der Waals surface area contributed by atoms with Gasteiger partial charge in [-0.05, 0) is 101 Å². The van der Waals surface area contributed by atoms with Crippen molar-refractivity contribution < 1.29 is 33.4 Å². The van der Waals surface area contributed by atoms with Crippen molar-refractivity contribution in [1.29, 1.82) is 0 Å². The summed E-state index contributed by atoms with van der Waals surface area (Å²) in [5, 5.41) is 12.2. The van der Waals surface area contributed by atoms with Crippen LogP contribution in [0.25, 0.3) is 0 Å². The highest BCUT2D eigenvalue weighted by molar-refractivity contribution is 14.1. The smallest absolute Gasteiger partial charge is 0.260 e. The monoisotopic (exact) mass is 755 g/mol. The molecular formula is C34H28ClFIN3O6. The lowest BCUT2D eigenvalue weighted by Gasteiger charge is -2.50. The summed E-state index contributed by atoms with van der Waals surface area (Å²) in [5.41, 5.74) is 3.65. The van der Waals surface area contributed by atoms with Crippen molar-refractivity contribution in [3.63, 3.8) is 0 Å². The van der Waals surface area contributed by atoms with Crippen LogP contribution >= 0.6 is 34.2 Å². The summed E-state index contributed by atoms with van der Waals surface area (Å²) in [7, 11) is 2.91. The Morgan fingerprint density at radius 3 is 2.37 bits per heavy atom. The summed E-state index contributed by atoms with van der Waals surface area (Å²) in [6.45, 7) is 0. The number of carbonyl (C=O) groups excluding carboxylic acids is 4. The number of anilines is 1. The zero-order valence-electron chi connectivity index (χ0n) is 24.7. The SMILES string of the molecule is COc1cc([C@H]2C3=CC[C@@H]4C(=O)N(C)C(=O)[C@@H]4[C@@H]3C[C@H]3C(=O)N(Nc4ccc(F)cc4)C(=O)[C@@]23c2ccc(Cl)cc2)cc(I)c1O. The molecule has 0 aromatic heterocycles. The highest BCUT2D eigenvalue weighted by atomic mass is 127. The Hall–Kier alpha value is -3.97. The number of nitrogens with zero attached hydrogens (tertiary/aromatic N) is 2. The molecule has 1 saturated carbocycles. The van der Waals surface area contributed by atoms with Gasteiger partial charge in [0.15, 0.2) is 11.5 Å². The molecule has 0 unspecified atom stereocenters. The van der Waals surface area contributed by atoms with Crippen LogP contribution in [0.3, 0.4) is 0 Å². The van der Waals surface area contributed by atoms with E-state index in [1.807, 2.05) is 28.7 Å². The molecule has 236 valence electrons. The van der Waals surface area contributed by atoms with Gasteiger partial charge in [-0.25, -0.2) is 4.39 Å². The Bertz CT molecular complexity index is 1850. The Balaban J connectivity index is 1.50. The number of phenols is 1. The molecule has 4 amide bonds. The number of carbonyl (C=O) groups is 4. The largest absolute Gasteiger partial charge is 0.504 e. The highest BCUT2D eigenvalue weighted by Crippen LogP contribution is 2.64. The topological polar surface area (TPSA) is 116 Å². The van der Waals surface area contributed by atoms with Gasteiger partial charge in [-0.1, -0.05) is 35.4 Å². The van der Waals surface area contributed by atoms with Gasteiger partial charge >= 0.3 is 0 Å². The van der Waals surface area contributed by atoms with Crippen molar-refractivity contribution in [2.24, 2.45) is 23.7 Å². The molecule has 4 aliphatic rings. The molecule has 3 fully saturated rings. The maximum atomic E-state index is 15.1. The number of hydrogen-bond donors (Lipinski definition) is 2. The number of nitrogens with one attached hydrogen (secondary N) is 1.